The molecular formula is C21H42IN7O. The minimum absolute atomic E-state index is 0. The lowest BCUT2D eigenvalue weighted by Gasteiger charge is -2.26. The van der Waals surface area contributed by atoms with E-state index in [4.69, 9.17) is 9.73 Å². The number of ether oxygens (including phenoxy) is 1. The minimum atomic E-state index is 0. The second-order valence-corrected chi connectivity index (χ2v) is 8.29. The fourth-order valence-corrected chi connectivity index (χ4v) is 3.31. The number of halogens is 1. The number of hydrogen-bond acceptors (Lipinski definition) is 5. The number of nitrogens with zero attached hydrogens (tertiary/aromatic N) is 5. The molecule has 9 heteroatoms. The fourth-order valence-electron chi connectivity index (χ4n) is 3.31. The molecule has 2 heterocycles. The summed E-state index contributed by atoms with van der Waals surface area (Å²) in [6.07, 6.45) is 6.42. The molecule has 0 aliphatic carbocycles. The van der Waals surface area contributed by atoms with Gasteiger partial charge in [-0.3, -0.25) is 4.90 Å². The summed E-state index contributed by atoms with van der Waals surface area (Å²) in [7, 11) is 1.98. The van der Waals surface area contributed by atoms with Gasteiger partial charge in [0.15, 0.2) is 11.8 Å². The average Bonchev–Trinajstić information content (AvgIpc) is 3.03. The molecule has 1 aromatic rings. The number of guanidine groups is 1. The molecule has 0 radical (unpaired) electrons. The van der Waals surface area contributed by atoms with E-state index in [1.807, 2.05) is 18.5 Å². The molecule has 1 aliphatic heterocycles. The summed E-state index contributed by atoms with van der Waals surface area (Å²) in [5, 5.41) is 15.3. The Bertz CT molecular complexity index is 600. The highest BCUT2D eigenvalue weighted by atomic mass is 127. The van der Waals surface area contributed by atoms with Crippen molar-refractivity contribution in [3.05, 3.63) is 11.6 Å². The molecule has 0 atom stereocenters. The van der Waals surface area contributed by atoms with Crippen molar-refractivity contribution >= 4 is 29.9 Å². The van der Waals surface area contributed by atoms with Crippen LogP contribution in [0.4, 0.5) is 0 Å². The van der Waals surface area contributed by atoms with Crippen LogP contribution in [-0.4, -0.2) is 71.6 Å². The van der Waals surface area contributed by atoms with Gasteiger partial charge in [0.05, 0.1) is 13.2 Å². The highest BCUT2D eigenvalue weighted by Gasteiger charge is 2.10. The maximum absolute atomic E-state index is 5.42. The molecule has 2 rings (SSSR count). The molecule has 1 fully saturated rings. The molecule has 30 heavy (non-hydrogen) atoms. The Kier molecular flexibility index (Phi) is 14.3. The summed E-state index contributed by atoms with van der Waals surface area (Å²) in [6.45, 7) is 13.6. The van der Waals surface area contributed by atoms with Gasteiger partial charge in [-0.1, -0.05) is 39.5 Å². The lowest BCUT2D eigenvalue weighted by atomic mass is 10.0. The molecule has 2 N–H and O–H groups in total. The van der Waals surface area contributed by atoms with Crippen LogP contribution in [0.15, 0.2) is 4.99 Å². The Morgan fingerprint density at radius 2 is 1.77 bits per heavy atom. The maximum Gasteiger partial charge on any atom is 0.191 e. The van der Waals surface area contributed by atoms with Gasteiger partial charge in [-0.25, -0.2) is 4.99 Å². The lowest BCUT2D eigenvalue weighted by Crippen LogP contribution is -2.44. The van der Waals surface area contributed by atoms with Crippen LogP contribution in [0.3, 0.4) is 0 Å². The molecule has 0 saturated carbocycles. The van der Waals surface area contributed by atoms with Gasteiger partial charge in [0.2, 0.25) is 0 Å². The number of rotatable bonds is 12. The zero-order valence-electron chi connectivity index (χ0n) is 19.3. The van der Waals surface area contributed by atoms with E-state index in [2.05, 4.69) is 39.6 Å². The zero-order valence-corrected chi connectivity index (χ0v) is 21.7. The smallest absolute Gasteiger partial charge is 0.191 e. The Labute approximate surface area is 199 Å². The van der Waals surface area contributed by atoms with E-state index in [9.17, 15) is 0 Å². The Hall–Kier alpha value is -0.940. The number of aromatic nitrogens is 3. The van der Waals surface area contributed by atoms with Crippen molar-refractivity contribution in [3.8, 4) is 0 Å². The van der Waals surface area contributed by atoms with Crippen LogP contribution in [-0.2, 0) is 18.3 Å². The maximum atomic E-state index is 5.42. The van der Waals surface area contributed by atoms with Gasteiger partial charge < -0.3 is 19.9 Å². The van der Waals surface area contributed by atoms with Gasteiger partial charge in [-0.15, -0.1) is 34.2 Å². The molecular weight excluding hydrogens is 493 g/mol. The predicted octanol–water partition coefficient (Wildman–Crippen LogP) is 2.72. The van der Waals surface area contributed by atoms with Crippen molar-refractivity contribution in [2.45, 2.75) is 59.4 Å². The van der Waals surface area contributed by atoms with Crippen molar-refractivity contribution in [2.24, 2.45) is 18.0 Å². The largest absolute Gasteiger partial charge is 0.379 e. The highest BCUT2D eigenvalue weighted by molar-refractivity contribution is 14.0. The fraction of sp³-hybridized carbons (Fsp3) is 0.857. The monoisotopic (exact) mass is 535 g/mol. The second-order valence-electron chi connectivity index (χ2n) is 8.29. The van der Waals surface area contributed by atoms with Gasteiger partial charge in [-0.05, 0) is 19.3 Å². The predicted molar refractivity (Wildman–Crippen MR) is 133 cm³/mol. The van der Waals surface area contributed by atoms with Crippen molar-refractivity contribution in [1.29, 1.82) is 0 Å². The molecule has 174 valence electrons. The van der Waals surface area contributed by atoms with E-state index >= 15 is 0 Å². The quantitative estimate of drug-likeness (QED) is 0.186. The van der Waals surface area contributed by atoms with E-state index in [0.29, 0.717) is 6.54 Å². The van der Waals surface area contributed by atoms with E-state index in [1.54, 1.807) is 0 Å². The Morgan fingerprint density at radius 1 is 1.07 bits per heavy atom. The first kappa shape index (κ1) is 27.1. The molecule has 0 spiro atoms. The third-order valence-corrected chi connectivity index (χ3v) is 5.39. The van der Waals surface area contributed by atoms with Crippen molar-refractivity contribution in [1.82, 2.24) is 30.3 Å². The van der Waals surface area contributed by atoms with E-state index < -0.39 is 0 Å². The Balaban J connectivity index is 0.00000450. The van der Waals surface area contributed by atoms with Crippen LogP contribution < -0.4 is 10.6 Å². The topological polar surface area (TPSA) is 79.6 Å². The summed E-state index contributed by atoms with van der Waals surface area (Å²) in [5.74, 6) is 3.46. The number of unbranched alkanes of at least 4 members (excludes halogenated alkanes) is 3. The third-order valence-electron chi connectivity index (χ3n) is 5.39. The second kappa shape index (κ2) is 15.8. The first-order valence-electron chi connectivity index (χ1n) is 11.2. The number of nitrogens with one attached hydrogen (secondary N) is 2. The van der Waals surface area contributed by atoms with Gasteiger partial charge >= 0.3 is 0 Å². The number of hydrogen-bond donors (Lipinski definition) is 2. The highest BCUT2D eigenvalue weighted by Crippen LogP contribution is 2.09. The van der Waals surface area contributed by atoms with Crippen molar-refractivity contribution in [3.63, 3.8) is 0 Å². The van der Waals surface area contributed by atoms with Crippen LogP contribution in [0.5, 0.6) is 0 Å². The molecule has 0 aromatic carbocycles. The first-order valence-corrected chi connectivity index (χ1v) is 11.2. The molecule has 1 aliphatic rings. The third kappa shape index (κ3) is 10.9. The molecule has 0 amide bonds. The zero-order chi connectivity index (χ0) is 20.9. The summed E-state index contributed by atoms with van der Waals surface area (Å²) in [4.78, 5) is 7.16. The molecule has 1 saturated heterocycles. The number of aryl methyl sites for hydroxylation is 1. The number of morpholine rings is 1. The molecule has 1 aromatic heterocycles. The van der Waals surface area contributed by atoms with E-state index in [1.165, 1.54) is 32.1 Å². The summed E-state index contributed by atoms with van der Waals surface area (Å²) in [5.41, 5.74) is 0. The average molecular weight is 536 g/mol. The van der Waals surface area contributed by atoms with Gasteiger partial charge in [0, 0.05) is 39.8 Å². The van der Waals surface area contributed by atoms with Crippen molar-refractivity contribution in [2.75, 3.05) is 45.9 Å². The SMILES string of the molecule is Cc1nnc(CN=C(NCCCCCCC(C)C)NCCN2CCOCC2)n1C.I. The summed E-state index contributed by atoms with van der Waals surface area (Å²) in [6, 6.07) is 0. The van der Waals surface area contributed by atoms with Crippen LogP contribution >= 0.6 is 24.0 Å². The first-order chi connectivity index (χ1) is 14.1. The van der Waals surface area contributed by atoms with Crippen LogP contribution in [0.1, 0.15) is 57.6 Å². The Morgan fingerprint density at radius 3 is 2.43 bits per heavy atom. The summed E-state index contributed by atoms with van der Waals surface area (Å²) >= 11 is 0. The normalized spacial score (nSPS) is 15.3. The molecule has 8 nitrogen and oxygen atoms in total. The van der Waals surface area contributed by atoms with E-state index in [-0.39, 0.29) is 24.0 Å². The van der Waals surface area contributed by atoms with Crippen LogP contribution in [0, 0.1) is 12.8 Å². The van der Waals surface area contributed by atoms with E-state index in [0.717, 1.165) is 69.5 Å². The molecule has 0 unspecified atom stereocenters. The lowest BCUT2D eigenvalue weighted by molar-refractivity contribution is 0.0389. The van der Waals surface area contributed by atoms with Crippen LogP contribution in [0.2, 0.25) is 0 Å². The van der Waals surface area contributed by atoms with Crippen molar-refractivity contribution < 1.29 is 4.74 Å². The van der Waals surface area contributed by atoms with Crippen LogP contribution in [0.25, 0.3) is 0 Å². The van der Waals surface area contributed by atoms with Gasteiger partial charge in [0.1, 0.15) is 12.4 Å². The number of aliphatic imine (C=N–C) groups is 1. The molecule has 0 bridgehead atoms. The van der Waals surface area contributed by atoms with Gasteiger partial charge in [0.25, 0.3) is 0 Å². The summed E-state index contributed by atoms with van der Waals surface area (Å²) < 4.78 is 7.41. The van der Waals surface area contributed by atoms with Gasteiger partial charge in [-0.2, -0.15) is 0 Å². The minimum Gasteiger partial charge on any atom is -0.379 e. The standard InChI is InChI=1S/C21H41N7O.HI/c1-18(2)9-7-5-6-8-10-22-21(23-11-12-28-13-15-29-16-14-28)24-17-20-26-25-19(3)27(20)4;/h18H,5-17H2,1-4H3,(H2,22,23,24);1H.